The van der Waals surface area contributed by atoms with Crippen LogP contribution in [0.1, 0.15) is 12.5 Å². The molecule has 0 spiro atoms. The first-order valence-corrected chi connectivity index (χ1v) is 9.84. The Kier molecular flexibility index (Phi) is 8.70. The highest BCUT2D eigenvalue weighted by Crippen LogP contribution is 2.19. The highest BCUT2D eigenvalue weighted by atomic mass is 16.4. The summed E-state index contributed by atoms with van der Waals surface area (Å²) in [6.45, 7) is -0.266. The molecule has 0 saturated heterocycles. The van der Waals surface area contributed by atoms with Crippen molar-refractivity contribution in [2.24, 2.45) is 5.73 Å². The number of carbonyl (C=O) groups is 4. The lowest BCUT2D eigenvalue weighted by Crippen LogP contribution is -2.58. The number of aliphatic carboxylic acids is 1. The van der Waals surface area contributed by atoms with Gasteiger partial charge in [0.05, 0.1) is 19.3 Å². The number of hydrogen-bond acceptors (Lipinski definition) is 7. The third-order valence-electron chi connectivity index (χ3n) is 4.76. The molecule has 0 bridgehead atoms. The summed E-state index contributed by atoms with van der Waals surface area (Å²) < 4.78 is 0. The molecule has 2 rings (SSSR count). The molecule has 2 aromatic rings. The lowest BCUT2D eigenvalue weighted by Gasteiger charge is -2.23. The number of aliphatic hydroxyl groups excluding tert-OH is 2. The molecule has 174 valence electrons. The summed E-state index contributed by atoms with van der Waals surface area (Å²) in [5.74, 6) is -3.87. The number of carboxylic acids is 1. The molecule has 4 atom stereocenters. The molecule has 32 heavy (non-hydrogen) atoms. The predicted octanol–water partition coefficient (Wildman–Crippen LogP) is -2.42. The molecule has 1 heterocycles. The van der Waals surface area contributed by atoms with E-state index in [-0.39, 0.29) is 6.42 Å². The van der Waals surface area contributed by atoms with Crippen molar-refractivity contribution in [1.29, 1.82) is 0 Å². The first-order chi connectivity index (χ1) is 15.2. The monoisotopic (exact) mass is 449 g/mol. The maximum atomic E-state index is 12.9. The van der Waals surface area contributed by atoms with Crippen LogP contribution in [0.2, 0.25) is 0 Å². The fourth-order valence-electron chi connectivity index (χ4n) is 2.96. The summed E-state index contributed by atoms with van der Waals surface area (Å²) in [5.41, 5.74) is 7.14. The number of aliphatic hydroxyl groups is 2. The Bertz CT molecular complexity index is 974. The Morgan fingerprint density at radius 3 is 2.09 bits per heavy atom. The molecule has 0 aliphatic carbocycles. The zero-order valence-electron chi connectivity index (χ0n) is 17.4. The van der Waals surface area contributed by atoms with Crippen LogP contribution in [0, 0.1) is 0 Å². The molecule has 12 nitrogen and oxygen atoms in total. The third-order valence-corrected chi connectivity index (χ3v) is 4.76. The Morgan fingerprint density at radius 2 is 1.50 bits per heavy atom. The van der Waals surface area contributed by atoms with E-state index in [0.717, 1.165) is 16.5 Å². The van der Waals surface area contributed by atoms with Gasteiger partial charge in [0.15, 0.2) is 0 Å². The van der Waals surface area contributed by atoms with E-state index in [1.807, 2.05) is 29.6 Å². The van der Waals surface area contributed by atoms with Crippen LogP contribution in [-0.2, 0) is 25.6 Å². The van der Waals surface area contributed by atoms with Gasteiger partial charge < -0.3 is 42.0 Å². The fraction of sp³-hybridized carbons (Fsp3) is 0.400. The van der Waals surface area contributed by atoms with E-state index in [1.165, 1.54) is 6.92 Å². The molecule has 0 saturated carbocycles. The summed E-state index contributed by atoms with van der Waals surface area (Å²) >= 11 is 0. The van der Waals surface area contributed by atoms with Gasteiger partial charge in [-0.1, -0.05) is 18.2 Å². The van der Waals surface area contributed by atoms with Crippen molar-refractivity contribution < 1.29 is 34.5 Å². The van der Waals surface area contributed by atoms with Crippen LogP contribution in [0.4, 0.5) is 0 Å². The summed E-state index contributed by atoms with van der Waals surface area (Å²) in [6.07, 6.45) is 1.75. The first kappa shape index (κ1) is 24.8. The first-order valence-electron chi connectivity index (χ1n) is 9.84. The minimum absolute atomic E-state index is 0.0580. The van der Waals surface area contributed by atoms with Crippen molar-refractivity contribution in [2.45, 2.75) is 37.5 Å². The molecule has 0 fully saturated rings. The number of nitrogens with one attached hydrogen (secondary N) is 4. The van der Waals surface area contributed by atoms with Gasteiger partial charge in [-0.05, 0) is 18.6 Å². The summed E-state index contributed by atoms with van der Waals surface area (Å²) in [7, 11) is 0. The second kappa shape index (κ2) is 11.2. The van der Waals surface area contributed by atoms with Gasteiger partial charge in [-0.3, -0.25) is 14.4 Å². The lowest BCUT2D eigenvalue weighted by atomic mass is 10.0. The van der Waals surface area contributed by atoms with Gasteiger partial charge >= 0.3 is 5.97 Å². The van der Waals surface area contributed by atoms with Crippen molar-refractivity contribution >= 4 is 34.6 Å². The number of hydrogen-bond donors (Lipinski definition) is 8. The summed E-state index contributed by atoms with van der Waals surface area (Å²) in [6, 6.07) is 2.21. The van der Waals surface area contributed by atoms with Gasteiger partial charge in [-0.25, -0.2) is 4.79 Å². The molecule has 0 aliphatic heterocycles. The molecule has 9 N–H and O–H groups in total. The smallest absolute Gasteiger partial charge is 0.328 e. The van der Waals surface area contributed by atoms with E-state index in [0.29, 0.717) is 0 Å². The second-order valence-corrected chi connectivity index (χ2v) is 7.24. The molecule has 0 radical (unpaired) electrons. The lowest BCUT2D eigenvalue weighted by molar-refractivity contribution is -0.143. The van der Waals surface area contributed by atoms with Crippen LogP contribution in [0.15, 0.2) is 30.5 Å². The number of carboxylic acid groups (broad SMARTS) is 1. The fourth-order valence-corrected chi connectivity index (χ4v) is 2.96. The average Bonchev–Trinajstić information content (AvgIpc) is 3.17. The van der Waals surface area contributed by atoms with Crippen molar-refractivity contribution in [1.82, 2.24) is 20.9 Å². The van der Waals surface area contributed by atoms with Gasteiger partial charge in [0.2, 0.25) is 17.7 Å². The molecule has 1 aromatic carbocycles. The predicted molar refractivity (Wildman–Crippen MR) is 113 cm³/mol. The number of rotatable bonds is 11. The van der Waals surface area contributed by atoms with Crippen LogP contribution >= 0.6 is 0 Å². The number of benzene rings is 1. The number of para-hydroxylation sites is 1. The van der Waals surface area contributed by atoms with E-state index in [9.17, 15) is 24.3 Å². The van der Waals surface area contributed by atoms with Crippen LogP contribution in [0.3, 0.4) is 0 Å². The van der Waals surface area contributed by atoms with Gasteiger partial charge in [0, 0.05) is 23.5 Å². The van der Waals surface area contributed by atoms with E-state index in [4.69, 9.17) is 15.9 Å². The number of nitrogens with two attached hydrogens (primary N) is 1. The SMILES string of the molecule is CC(N)C(=O)NC(Cc1c[nH]c2ccccc12)C(=O)NC(CO)C(=O)NC(CO)C(=O)O. The number of H-pyrrole nitrogens is 1. The molecule has 12 heteroatoms. The van der Waals surface area contributed by atoms with Crippen LogP contribution in [0.5, 0.6) is 0 Å². The molecular weight excluding hydrogens is 422 g/mol. The largest absolute Gasteiger partial charge is 0.480 e. The summed E-state index contributed by atoms with van der Waals surface area (Å²) in [4.78, 5) is 51.4. The number of aromatic amines is 1. The zero-order chi connectivity index (χ0) is 23.8. The number of aromatic nitrogens is 1. The van der Waals surface area contributed by atoms with Crippen LogP contribution in [-0.4, -0.2) is 81.4 Å². The topological polar surface area (TPSA) is 207 Å². The molecule has 1 aromatic heterocycles. The molecule has 0 aliphatic rings. The quantitative estimate of drug-likeness (QED) is 0.185. The minimum Gasteiger partial charge on any atom is -0.480 e. The molecular formula is C20H27N5O7. The maximum Gasteiger partial charge on any atom is 0.328 e. The highest BCUT2D eigenvalue weighted by molar-refractivity contribution is 5.94. The Morgan fingerprint density at radius 1 is 0.938 bits per heavy atom. The van der Waals surface area contributed by atoms with Gasteiger partial charge in [0.1, 0.15) is 18.1 Å². The number of fused-ring (bicyclic) bond motifs is 1. The van der Waals surface area contributed by atoms with E-state index < -0.39 is 61.1 Å². The van der Waals surface area contributed by atoms with Crippen molar-refractivity contribution in [3.8, 4) is 0 Å². The minimum atomic E-state index is -1.60. The average molecular weight is 449 g/mol. The second-order valence-electron chi connectivity index (χ2n) is 7.24. The number of carbonyl (C=O) groups excluding carboxylic acids is 3. The normalized spacial score (nSPS) is 14.8. The van der Waals surface area contributed by atoms with Gasteiger partial charge in [-0.2, -0.15) is 0 Å². The van der Waals surface area contributed by atoms with Crippen molar-refractivity contribution in [3.63, 3.8) is 0 Å². The van der Waals surface area contributed by atoms with Gasteiger partial charge in [-0.15, -0.1) is 0 Å². The maximum absolute atomic E-state index is 12.9. The summed E-state index contributed by atoms with van der Waals surface area (Å²) in [5, 5.41) is 35.2. The van der Waals surface area contributed by atoms with Gasteiger partial charge in [0.25, 0.3) is 0 Å². The molecule has 3 amide bonds. The van der Waals surface area contributed by atoms with Crippen molar-refractivity contribution in [2.75, 3.05) is 13.2 Å². The van der Waals surface area contributed by atoms with Crippen LogP contribution < -0.4 is 21.7 Å². The highest BCUT2D eigenvalue weighted by Gasteiger charge is 2.30. The van der Waals surface area contributed by atoms with E-state index >= 15 is 0 Å². The Labute approximate surface area is 183 Å². The standard InChI is InChI=1S/C20H27N5O7/c1-10(21)17(28)23-14(6-11-7-22-13-5-3-2-4-12(11)13)18(29)24-15(8-26)19(30)25-16(9-27)20(31)32/h2-5,7,10,14-16,22,26-27H,6,8-9,21H2,1H3,(H,23,28)(H,24,29)(H,25,30)(H,31,32). The van der Waals surface area contributed by atoms with Crippen LogP contribution in [0.25, 0.3) is 10.9 Å². The molecule has 4 unspecified atom stereocenters. The van der Waals surface area contributed by atoms with E-state index in [1.54, 1.807) is 6.20 Å². The van der Waals surface area contributed by atoms with E-state index in [2.05, 4.69) is 15.6 Å². The van der Waals surface area contributed by atoms with Crippen molar-refractivity contribution in [3.05, 3.63) is 36.0 Å². The Balaban J connectivity index is 2.20. The number of amides is 3. The zero-order valence-corrected chi connectivity index (χ0v) is 17.4. The Hall–Kier alpha value is -3.48. The third kappa shape index (κ3) is 6.26.